The van der Waals surface area contributed by atoms with Crippen LogP contribution in [0.25, 0.3) is 16.8 Å². The SMILES string of the molecule is C=C(NCC(=O)O)C1=C(O)C2(CCCC2)n2c(ccc2-c2ccccc2)C1=C. The summed E-state index contributed by atoms with van der Waals surface area (Å²) in [6, 6.07) is 14.2. The van der Waals surface area contributed by atoms with Crippen molar-refractivity contribution in [1.29, 1.82) is 0 Å². The number of carboxylic acids is 1. The number of hydrogen-bond acceptors (Lipinski definition) is 3. The minimum absolute atomic E-state index is 0.235. The van der Waals surface area contributed by atoms with Gasteiger partial charge in [0.1, 0.15) is 17.8 Å². The zero-order valence-corrected chi connectivity index (χ0v) is 15.7. The Morgan fingerprint density at radius 1 is 1.11 bits per heavy atom. The Morgan fingerprint density at radius 2 is 1.75 bits per heavy atom. The first kappa shape index (κ1) is 18.2. The molecule has 0 radical (unpaired) electrons. The first-order valence-electron chi connectivity index (χ1n) is 9.51. The van der Waals surface area contributed by atoms with Crippen molar-refractivity contribution in [3.63, 3.8) is 0 Å². The third kappa shape index (κ3) is 2.66. The molecule has 0 bridgehead atoms. The first-order chi connectivity index (χ1) is 13.5. The van der Waals surface area contributed by atoms with Gasteiger partial charge in [-0.05, 0) is 30.5 Å². The fourth-order valence-corrected chi connectivity index (χ4v) is 4.59. The summed E-state index contributed by atoms with van der Waals surface area (Å²) in [6.07, 6.45) is 3.68. The number of aromatic nitrogens is 1. The summed E-state index contributed by atoms with van der Waals surface area (Å²) < 4.78 is 2.22. The van der Waals surface area contributed by atoms with E-state index in [0.717, 1.165) is 42.6 Å². The molecule has 3 N–H and O–H groups in total. The molecule has 5 nitrogen and oxygen atoms in total. The summed E-state index contributed by atoms with van der Waals surface area (Å²) in [5, 5.41) is 23.2. The molecule has 1 aliphatic heterocycles. The summed E-state index contributed by atoms with van der Waals surface area (Å²) in [7, 11) is 0. The number of carbonyl (C=O) groups is 1. The zero-order chi connectivity index (χ0) is 19.9. The second kappa shape index (κ2) is 6.75. The van der Waals surface area contributed by atoms with Crippen LogP contribution in [0.2, 0.25) is 0 Å². The molecule has 1 aliphatic carbocycles. The van der Waals surface area contributed by atoms with Gasteiger partial charge in [0.2, 0.25) is 0 Å². The van der Waals surface area contributed by atoms with E-state index in [1.807, 2.05) is 24.3 Å². The molecule has 144 valence electrons. The summed E-state index contributed by atoms with van der Waals surface area (Å²) in [6.45, 7) is 7.93. The van der Waals surface area contributed by atoms with Crippen LogP contribution in [0.1, 0.15) is 31.4 Å². The molecule has 2 aromatic rings. The van der Waals surface area contributed by atoms with Crippen molar-refractivity contribution in [2.24, 2.45) is 0 Å². The molecule has 4 rings (SSSR count). The molecule has 2 heterocycles. The molecular weight excluding hydrogens is 352 g/mol. The molecule has 0 atom stereocenters. The maximum absolute atomic E-state index is 11.4. The van der Waals surface area contributed by atoms with Gasteiger partial charge in [-0.15, -0.1) is 0 Å². The summed E-state index contributed by atoms with van der Waals surface area (Å²) in [4.78, 5) is 10.9. The van der Waals surface area contributed by atoms with Gasteiger partial charge in [0, 0.05) is 28.2 Å². The average Bonchev–Trinajstić information content (AvgIpc) is 3.34. The van der Waals surface area contributed by atoms with E-state index in [4.69, 9.17) is 5.11 Å². The Labute approximate surface area is 164 Å². The number of nitrogens with zero attached hydrogens (tertiary/aromatic N) is 1. The van der Waals surface area contributed by atoms with E-state index in [-0.39, 0.29) is 12.3 Å². The maximum Gasteiger partial charge on any atom is 0.322 e. The molecule has 5 heteroatoms. The van der Waals surface area contributed by atoms with Crippen LogP contribution in [0.4, 0.5) is 0 Å². The van der Waals surface area contributed by atoms with Crippen LogP contribution in [0, 0.1) is 0 Å². The Bertz CT molecular complexity index is 992. The maximum atomic E-state index is 11.4. The monoisotopic (exact) mass is 376 g/mol. The number of nitrogens with one attached hydrogen (secondary N) is 1. The highest BCUT2D eigenvalue weighted by atomic mass is 16.4. The van der Waals surface area contributed by atoms with Gasteiger partial charge in [0.05, 0.1) is 0 Å². The van der Waals surface area contributed by atoms with E-state index in [9.17, 15) is 9.90 Å². The molecule has 2 aliphatic rings. The van der Waals surface area contributed by atoms with E-state index < -0.39 is 11.5 Å². The second-order valence-electron chi connectivity index (χ2n) is 7.47. The number of carboxylic acid groups (broad SMARTS) is 1. The number of aliphatic carboxylic acids is 1. The highest BCUT2D eigenvalue weighted by molar-refractivity contribution is 5.85. The van der Waals surface area contributed by atoms with Crippen molar-refractivity contribution in [3.05, 3.63) is 78.3 Å². The molecule has 1 aromatic heterocycles. The largest absolute Gasteiger partial charge is 0.509 e. The van der Waals surface area contributed by atoms with Crippen LogP contribution in [0.5, 0.6) is 0 Å². The number of fused-ring (bicyclic) bond motifs is 2. The topological polar surface area (TPSA) is 74.5 Å². The summed E-state index contributed by atoms with van der Waals surface area (Å²) in [5.74, 6) is -0.744. The number of allylic oxidation sites excluding steroid dienone is 2. The Balaban J connectivity index is 1.87. The minimum atomic E-state index is -0.979. The van der Waals surface area contributed by atoms with Gasteiger partial charge in [0.25, 0.3) is 0 Å². The lowest BCUT2D eigenvalue weighted by Gasteiger charge is -2.40. The third-order valence-electron chi connectivity index (χ3n) is 5.85. The van der Waals surface area contributed by atoms with Crippen molar-refractivity contribution in [1.82, 2.24) is 9.88 Å². The van der Waals surface area contributed by atoms with Crippen molar-refractivity contribution in [2.45, 2.75) is 31.2 Å². The van der Waals surface area contributed by atoms with E-state index >= 15 is 0 Å². The van der Waals surface area contributed by atoms with E-state index in [1.165, 1.54) is 0 Å². The van der Waals surface area contributed by atoms with Crippen LogP contribution in [0.3, 0.4) is 0 Å². The van der Waals surface area contributed by atoms with E-state index in [1.54, 1.807) is 0 Å². The van der Waals surface area contributed by atoms with Gasteiger partial charge in [-0.2, -0.15) is 0 Å². The second-order valence-corrected chi connectivity index (χ2v) is 7.47. The van der Waals surface area contributed by atoms with Crippen LogP contribution < -0.4 is 5.32 Å². The number of rotatable bonds is 5. The zero-order valence-electron chi connectivity index (χ0n) is 15.7. The van der Waals surface area contributed by atoms with Crippen molar-refractivity contribution in [2.75, 3.05) is 6.54 Å². The fraction of sp³-hybridized carbons (Fsp3) is 0.261. The molecule has 0 saturated heterocycles. The minimum Gasteiger partial charge on any atom is -0.509 e. The molecule has 1 aromatic carbocycles. The van der Waals surface area contributed by atoms with Crippen molar-refractivity contribution >= 4 is 11.5 Å². The number of benzene rings is 1. The third-order valence-corrected chi connectivity index (χ3v) is 5.85. The van der Waals surface area contributed by atoms with Gasteiger partial charge in [-0.1, -0.05) is 56.3 Å². The number of aliphatic hydroxyl groups excluding tert-OH is 1. The highest BCUT2D eigenvalue weighted by Crippen LogP contribution is 2.52. The summed E-state index contributed by atoms with van der Waals surface area (Å²) in [5.41, 5.74) is 4.11. The Morgan fingerprint density at radius 3 is 2.39 bits per heavy atom. The quantitative estimate of drug-likeness (QED) is 0.721. The van der Waals surface area contributed by atoms with Gasteiger partial charge in [0.15, 0.2) is 0 Å². The van der Waals surface area contributed by atoms with Crippen LogP contribution in [-0.4, -0.2) is 27.3 Å². The average molecular weight is 376 g/mol. The smallest absolute Gasteiger partial charge is 0.322 e. The van der Waals surface area contributed by atoms with Crippen molar-refractivity contribution in [3.8, 4) is 11.3 Å². The van der Waals surface area contributed by atoms with Gasteiger partial charge in [-0.3, -0.25) is 4.79 Å². The molecule has 28 heavy (non-hydrogen) atoms. The van der Waals surface area contributed by atoms with Gasteiger partial charge < -0.3 is 20.1 Å². The molecule has 0 unspecified atom stereocenters. The summed E-state index contributed by atoms with van der Waals surface area (Å²) >= 11 is 0. The van der Waals surface area contributed by atoms with Crippen LogP contribution >= 0.6 is 0 Å². The lowest BCUT2D eigenvalue weighted by atomic mass is 9.83. The van der Waals surface area contributed by atoms with E-state index in [0.29, 0.717) is 16.8 Å². The highest BCUT2D eigenvalue weighted by Gasteiger charge is 2.47. The Hall–Kier alpha value is -3.21. The predicted octanol–water partition coefficient (Wildman–Crippen LogP) is 4.45. The first-order valence-corrected chi connectivity index (χ1v) is 9.51. The molecule has 1 fully saturated rings. The normalized spacial score (nSPS) is 17.6. The van der Waals surface area contributed by atoms with Gasteiger partial charge >= 0.3 is 5.97 Å². The lowest BCUT2D eigenvalue weighted by Crippen LogP contribution is -2.39. The molecule has 0 amide bonds. The fourth-order valence-electron chi connectivity index (χ4n) is 4.59. The molecule has 1 saturated carbocycles. The van der Waals surface area contributed by atoms with Crippen LogP contribution in [0.15, 0.2) is 72.7 Å². The molecule has 1 spiro atoms. The van der Waals surface area contributed by atoms with E-state index in [2.05, 4.69) is 41.2 Å². The lowest BCUT2D eigenvalue weighted by molar-refractivity contribution is -0.135. The predicted molar refractivity (Wildman–Crippen MR) is 110 cm³/mol. The van der Waals surface area contributed by atoms with Gasteiger partial charge in [-0.25, -0.2) is 0 Å². The van der Waals surface area contributed by atoms with Crippen LogP contribution in [-0.2, 0) is 10.3 Å². The molecular formula is C23H24N2O3. The number of aliphatic hydroxyl groups is 1. The number of hydrogen-bond donors (Lipinski definition) is 3. The Kier molecular flexibility index (Phi) is 4.38. The standard InChI is InChI=1S/C23H24N2O3/c1-15-18-10-11-19(17-8-4-3-5-9-17)25(18)23(12-6-7-13-23)22(28)21(15)16(2)24-14-20(26)27/h3-5,8-11,24,28H,1-2,6-7,12-14H2,(H,26,27). The van der Waals surface area contributed by atoms with Crippen molar-refractivity contribution < 1.29 is 15.0 Å².